The number of esters is 1. The quantitative estimate of drug-likeness (QED) is 0.567. The van der Waals surface area contributed by atoms with Crippen LogP contribution in [-0.4, -0.2) is 29.2 Å². The molecule has 0 fully saturated rings. The zero-order valence-electron chi connectivity index (χ0n) is 9.74. The molecule has 1 atom stereocenters. The minimum Gasteiger partial charge on any atom is -1.00 e. The van der Waals surface area contributed by atoms with E-state index >= 15 is 0 Å². The van der Waals surface area contributed by atoms with Crippen molar-refractivity contribution in [3.8, 4) is 5.75 Å². The van der Waals surface area contributed by atoms with Gasteiger partial charge >= 0.3 is 5.97 Å². The van der Waals surface area contributed by atoms with Crippen molar-refractivity contribution in [1.82, 2.24) is 0 Å². The van der Waals surface area contributed by atoms with Crippen molar-refractivity contribution in [3.05, 3.63) is 29.8 Å². The highest BCUT2D eigenvalue weighted by Crippen LogP contribution is 2.15. The molecule has 0 aliphatic carbocycles. The number of phenolic OH excluding ortho intramolecular Hbond substituents is 1. The van der Waals surface area contributed by atoms with Gasteiger partial charge in [-0.3, -0.25) is 4.79 Å². The summed E-state index contributed by atoms with van der Waals surface area (Å²) in [4.78, 5) is 11.3. The summed E-state index contributed by atoms with van der Waals surface area (Å²) in [6, 6.07) is 6.57. The van der Waals surface area contributed by atoms with Crippen LogP contribution in [0.1, 0.15) is 12.5 Å². The van der Waals surface area contributed by atoms with Crippen LogP contribution in [0, 0.1) is 0 Å². The molecule has 5 N–H and O–H groups in total. The predicted octanol–water partition coefficient (Wildman–Crippen LogP) is -3.00. The Kier molecular flexibility index (Phi) is 7.56. The zero-order valence-corrected chi connectivity index (χ0v) is 10.5. The van der Waals surface area contributed by atoms with E-state index in [1.807, 2.05) is 0 Å². The van der Waals surface area contributed by atoms with E-state index in [0.29, 0.717) is 6.42 Å². The second-order valence-corrected chi connectivity index (χ2v) is 3.75. The highest BCUT2D eigenvalue weighted by molar-refractivity contribution is 5.80. The van der Waals surface area contributed by atoms with Crippen LogP contribution in [0.5, 0.6) is 5.75 Å². The number of rotatable bonds is 3. The topological polar surface area (TPSA) is 104 Å². The average Bonchev–Trinajstić information content (AvgIpc) is 2.20. The Morgan fingerprint density at radius 2 is 1.88 bits per heavy atom. The first kappa shape index (κ1) is 18.1. The van der Waals surface area contributed by atoms with E-state index in [-0.39, 0.29) is 23.6 Å². The minimum absolute atomic E-state index is 0. The molecule has 0 radical (unpaired) electrons. The zero-order chi connectivity index (χ0) is 11.5. The highest BCUT2D eigenvalue weighted by Gasteiger charge is 2.29. The number of carbonyl (C=O) groups is 1. The number of hydrogen-bond donors (Lipinski definition) is 2. The van der Waals surface area contributed by atoms with Gasteiger partial charge in [-0.25, -0.2) is 0 Å². The van der Waals surface area contributed by atoms with Crippen molar-refractivity contribution in [3.63, 3.8) is 0 Å². The first-order valence-electron chi connectivity index (χ1n) is 4.61. The Labute approximate surface area is 106 Å². The standard InChI is InChI=1S/C11H15NO3.ClH.H2O/c1-11(12,10(14)15-2)7-8-3-5-9(13)6-4-8;;/h3-6,13H,7,12H2,1-2H3;1H;1H2/p-1. The molecule has 0 aliphatic rings. The molecule has 0 aliphatic heterocycles. The van der Waals surface area contributed by atoms with Crippen LogP contribution >= 0.6 is 0 Å². The molecule has 0 aromatic heterocycles. The summed E-state index contributed by atoms with van der Waals surface area (Å²) in [5.41, 5.74) is 5.65. The lowest BCUT2D eigenvalue weighted by Crippen LogP contribution is -3.00. The number of benzene rings is 1. The summed E-state index contributed by atoms with van der Waals surface area (Å²) in [6.45, 7) is 1.62. The molecule has 1 rings (SSSR count). The normalized spacial score (nSPS) is 12.6. The number of phenols is 1. The van der Waals surface area contributed by atoms with Crippen molar-refractivity contribution in [1.29, 1.82) is 0 Å². The van der Waals surface area contributed by atoms with Gasteiger partial charge in [0.15, 0.2) is 0 Å². The summed E-state index contributed by atoms with van der Waals surface area (Å²) in [5, 5.41) is 9.09. The van der Waals surface area contributed by atoms with E-state index in [9.17, 15) is 4.79 Å². The van der Waals surface area contributed by atoms with Gasteiger partial charge in [-0.2, -0.15) is 0 Å². The number of ether oxygens (including phenoxy) is 1. The van der Waals surface area contributed by atoms with E-state index in [1.165, 1.54) is 7.11 Å². The number of hydrogen-bond acceptors (Lipinski definition) is 4. The van der Waals surface area contributed by atoms with Crippen LogP contribution in [0.3, 0.4) is 0 Å². The van der Waals surface area contributed by atoms with Crippen LogP contribution in [0.15, 0.2) is 24.3 Å². The third kappa shape index (κ3) is 5.04. The number of aromatic hydroxyl groups is 1. The number of methoxy groups -OCH3 is 1. The SMILES string of the molecule is COC(=O)C(C)(N)Cc1ccc(O)cc1.O.[Cl-]. The van der Waals surface area contributed by atoms with Gasteiger partial charge < -0.3 is 33.5 Å². The van der Waals surface area contributed by atoms with Gasteiger partial charge in [0.25, 0.3) is 0 Å². The molecule has 17 heavy (non-hydrogen) atoms. The van der Waals surface area contributed by atoms with Gasteiger partial charge in [-0.15, -0.1) is 0 Å². The fourth-order valence-electron chi connectivity index (χ4n) is 1.34. The lowest BCUT2D eigenvalue weighted by Gasteiger charge is -2.21. The Morgan fingerprint density at radius 1 is 1.41 bits per heavy atom. The molecule has 0 spiro atoms. The molecule has 5 nitrogen and oxygen atoms in total. The summed E-state index contributed by atoms with van der Waals surface area (Å²) in [6.07, 6.45) is 0.375. The van der Waals surface area contributed by atoms with Gasteiger partial charge in [0, 0.05) is 6.42 Å². The molecule has 98 valence electrons. The summed E-state index contributed by atoms with van der Waals surface area (Å²) >= 11 is 0. The molecule has 1 aromatic carbocycles. The Balaban J connectivity index is 0. The van der Waals surface area contributed by atoms with Gasteiger partial charge in [-0.1, -0.05) is 12.1 Å². The van der Waals surface area contributed by atoms with Crippen molar-refractivity contribution in [2.24, 2.45) is 5.73 Å². The highest BCUT2D eigenvalue weighted by atomic mass is 35.5. The van der Waals surface area contributed by atoms with E-state index in [0.717, 1.165) is 5.56 Å². The Morgan fingerprint density at radius 3 is 2.29 bits per heavy atom. The maximum atomic E-state index is 11.3. The predicted molar refractivity (Wildman–Crippen MR) is 60.0 cm³/mol. The van der Waals surface area contributed by atoms with E-state index in [1.54, 1.807) is 31.2 Å². The van der Waals surface area contributed by atoms with Gasteiger partial charge in [0.2, 0.25) is 0 Å². The Hall–Kier alpha value is -1.30. The Bertz CT molecular complexity index is 351. The molecule has 0 heterocycles. The van der Waals surface area contributed by atoms with E-state index in [4.69, 9.17) is 10.8 Å². The van der Waals surface area contributed by atoms with Crippen LogP contribution in [0.25, 0.3) is 0 Å². The van der Waals surface area contributed by atoms with E-state index in [2.05, 4.69) is 4.74 Å². The summed E-state index contributed by atoms with van der Waals surface area (Å²) in [5.74, 6) is -0.258. The molecule has 6 heteroatoms. The molecule has 1 aromatic rings. The number of carbonyl (C=O) groups excluding carboxylic acids is 1. The number of nitrogens with two attached hydrogens (primary N) is 1. The lowest BCUT2D eigenvalue weighted by atomic mass is 9.94. The van der Waals surface area contributed by atoms with Crippen molar-refractivity contribution < 1.29 is 32.5 Å². The lowest BCUT2D eigenvalue weighted by molar-refractivity contribution is -0.146. The summed E-state index contributed by atoms with van der Waals surface area (Å²) < 4.78 is 4.60. The van der Waals surface area contributed by atoms with Crippen LogP contribution in [-0.2, 0) is 16.0 Å². The largest absolute Gasteiger partial charge is 1.00 e. The monoisotopic (exact) mass is 262 g/mol. The molecule has 0 saturated carbocycles. The van der Waals surface area contributed by atoms with Gasteiger partial charge in [0.1, 0.15) is 11.3 Å². The third-order valence-corrected chi connectivity index (χ3v) is 2.16. The van der Waals surface area contributed by atoms with Crippen molar-refractivity contribution in [2.45, 2.75) is 18.9 Å². The fraction of sp³-hybridized carbons (Fsp3) is 0.364. The van der Waals surface area contributed by atoms with Gasteiger partial charge in [0.05, 0.1) is 7.11 Å². The average molecular weight is 263 g/mol. The molecular weight excluding hydrogens is 246 g/mol. The first-order chi connectivity index (χ1) is 6.95. The van der Waals surface area contributed by atoms with Gasteiger partial charge in [-0.05, 0) is 24.6 Å². The molecule has 0 amide bonds. The second-order valence-electron chi connectivity index (χ2n) is 3.75. The number of halogens is 1. The molecule has 0 saturated heterocycles. The molecular formula is C11H17ClNO4-. The maximum Gasteiger partial charge on any atom is 0.325 e. The minimum atomic E-state index is -1.04. The molecule has 0 bridgehead atoms. The van der Waals surface area contributed by atoms with Crippen molar-refractivity contribution >= 4 is 5.97 Å². The molecule has 1 unspecified atom stereocenters. The van der Waals surface area contributed by atoms with Crippen LogP contribution in [0.4, 0.5) is 0 Å². The first-order valence-corrected chi connectivity index (χ1v) is 4.61. The summed E-state index contributed by atoms with van der Waals surface area (Å²) in [7, 11) is 1.31. The fourth-order valence-corrected chi connectivity index (χ4v) is 1.34. The third-order valence-electron chi connectivity index (χ3n) is 2.16. The maximum absolute atomic E-state index is 11.3. The van der Waals surface area contributed by atoms with E-state index < -0.39 is 11.5 Å². The smallest absolute Gasteiger partial charge is 0.325 e. The van der Waals surface area contributed by atoms with Crippen LogP contribution in [0.2, 0.25) is 0 Å². The van der Waals surface area contributed by atoms with Crippen LogP contribution < -0.4 is 18.1 Å². The second kappa shape index (κ2) is 7.11. The van der Waals surface area contributed by atoms with Crippen molar-refractivity contribution in [2.75, 3.05) is 7.11 Å².